The number of anilines is 1. The average Bonchev–Trinajstić information content (AvgIpc) is 2.83. The van der Waals surface area contributed by atoms with Crippen molar-refractivity contribution in [2.24, 2.45) is 0 Å². The Balaban J connectivity index is 2.04. The third-order valence-corrected chi connectivity index (χ3v) is 3.33. The molecule has 0 saturated carbocycles. The Morgan fingerprint density at radius 2 is 1.94 bits per heavy atom. The summed E-state index contributed by atoms with van der Waals surface area (Å²) in [6.45, 7) is 2.50. The van der Waals surface area contributed by atoms with Gasteiger partial charge in [0, 0.05) is 40.1 Å². The summed E-state index contributed by atoms with van der Waals surface area (Å²) in [7, 11) is 5.38. The molecule has 1 aromatic rings. The first-order chi connectivity index (χ1) is 8.78. The van der Waals surface area contributed by atoms with E-state index in [1.165, 1.54) is 5.56 Å². The average molecular weight is 251 g/mol. The smallest absolute Gasteiger partial charge is 0.128 e. The van der Waals surface area contributed by atoms with Crippen LogP contribution in [-0.4, -0.2) is 51.5 Å². The minimum atomic E-state index is 0.119. The van der Waals surface area contributed by atoms with Crippen LogP contribution in [0.3, 0.4) is 0 Å². The molecule has 0 aromatic carbocycles. The number of nitrogens with zero attached hydrogens (tertiary/aromatic N) is 2. The number of hydrogen-bond acceptors (Lipinski definition) is 5. The molecule has 100 valence electrons. The molecule has 0 aliphatic carbocycles. The van der Waals surface area contributed by atoms with Crippen molar-refractivity contribution < 1.29 is 9.47 Å². The van der Waals surface area contributed by atoms with Gasteiger partial charge in [-0.3, -0.25) is 0 Å². The van der Waals surface area contributed by atoms with Crippen LogP contribution >= 0.6 is 0 Å². The zero-order valence-corrected chi connectivity index (χ0v) is 11.2. The molecule has 0 amide bonds. The molecule has 2 heterocycles. The van der Waals surface area contributed by atoms with E-state index in [4.69, 9.17) is 9.47 Å². The third kappa shape index (κ3) is 2.80. The summed E-state index contributed by atoms with van der Waals surface area (Å²) in [6, 6.07) is 4.15. The zero-order valence-electron chi connectivity index (χ0n) is 11.2. The van der Waals surface area contributed by atoms with Crippen molar-refractivity contribution in [3.8, 4) is 0 Å². The largest absolute Gasteiger partial charge is 0.377 e. The van der Waals surface area contributed by atoms with Crippen molar-refractivity contribution in [1.29, 1.82) is 0 Å². The van der Waals surface area contributed by atoms with Crippen molar-refractivity contribution in [3.63, 3.8) is 0 Å². The van der Waals surface area contributed by atoms with Crippen molar-refractivity contribution in [2.75, 3.05) is 39.3 Å². The first kappa shape index (κ1) is 13.3. The van der Waals surface area contributed by atoms with Gasteiger partial charge in [-0.15, -0.1) is 0 Å². The van der Waals surface area contributed by atoms with Gasteiger partial charge < -0.3 is 19.7 Å². The van der Waals surface area contributed by atoms with Gasteiger partial charge in [0.15, 0.2) is 0 Å². The van der Waals surface area contributed by atoms with Gasteiger partial charge in [0.25, 0.3) is 0 Å². The molecule has 2 atom stereocenters. The van der Waals surface area contributed by atoms with E-state index >= 15 is 0 Å². The van der Waals surface area contributed by atoms with Gasteiger partial charge in [-0.05, 0) is 18.7 Å². The molecular weight excluding hydrogens is 230 g/mol. The number of ether oxygens (including phenoxy) is 2. The fourth-order valence-corrected chi connectivity index (χ4v) is 2.30. The Kier molecular flexibility index (Phi) is 4.52. The maximum atomic E-state index is 5.42. The first-order valence-electron chi connectivity index (χ1n) is 6.18. The van der Waals surface area contributed by atoms with E-state index in [1.807, 2.05) is 13.2 Å². The Morgan fingerprint density at radius 1 is 1.28 bits per heavy atom. The Labute approximate surface area is 108 Å². The van der Waals surface area contributed by atoms with E-state index in [0.29, 0.717) is 0 Å². The predicted molar refractivity (Wildman–Crippen MR) is 70.8 cm³/mol. The Hall–Kier alpha value is -1.17. The molecule has 5 nitrogen and oxygen atoms in total. The number of methoxy groups -OCH3 is 2. The maximum Gasteiger partial charge on any atom is 0.128 e. The van der Waals surface area contributed by atoms with Crippen LogP contribution in [0.5, 0.6) is 0 Å². The normalized spacial score (nSPS) is 23.6. The minimum Gasteiger partial charge on any atom is -0.377 e. The Morgan fingerprint density at radius 3 is 2.39 bits per heavy atom. The second kappa shape index (κ2) is 6.13. The quantitative estimate of drug-likeness (QED) is 0.832. The highest BCUT2D eigenvalue weighted by atomic mass is 16.5. The molecule has 2 unspecified atom stereocenters. The van der Waals surface area contributed by atoms with Crippen LogP contribution < -0.4 is 10.2 Å². The second-order valence-corrected chi connectivity index (χ2v) is 4.51. The molecule has 0 bridgehead atoms. The van der Waals surface area contributed by atoms with Gasteiger partial charge in [0.2, 0.25) is 0 Å². The van der Waals surface area contributed by atoms with Crippen LogP contribution in [0.2, 0.25) is 0 Å². The summed E-state index contributed by atoms with van der Waals surface area (Å²) in [5.74, 6) is 0.983. The van der Waals surface area contributed by atoms with Gasteiger partial charge in [0.1, 0.15) is 18.0 Å². The summed E-state index contributed by atoms with van der Waals surface area (Å²) in [5.41, 5.74) is 1.19. The summed E-state index contributed by atoms with van der Waals surface area (Å²) < 4.78 is 10.8. The van der Waals surface area contributed by atoms with E-state index in [2.05, 4.69) is 27.3 Å². The van der Waals surface area contributed by atoms with Crippen LogP contribution in [0.1, 0.15) is 5.56 Å². The van der Waals surface area contributed by atoms with Gasteiger partial charge in [0.05, 0.1) is 0 Å². The number of nitrogens with one attached hydrogen (secondary N) is 1. The molecule has 0 radical (unpaired) electrons. The topological polar surface area (TPSA) is 46.6 Å². The SMILES string of the molecule is CNCc1ccc(N2CC(OC)C(OC)C2)nc1. The van der Waals surface area contributed by atoms with Gasteiger partial charge in [-0.25, -0.2) is 4.98 Å². The lowest BCUT2D eigenvalue weighted by molar-refractivity contribution is -0.00461. The van der Waals surface area contributed by atoms with E-state index < -0.39 is 0 Å². The first-order valence-corrected chi connectivity index (χ1v) is 6.18. The predicted octanol–water partition coefficient (Wildman–Crippen LogP) is 0.651. The summed E-state index contributed by atoms with van der Waals surface area (Å²) in [6.07, 6.45) is 2.15. The third-order valence-electron chi connectivity index (χ3n) is 3.33. The monoisotopic (exact) mass is 251 g/mol. The van der Waals surface area contributed by atoms with Crippen molar-refractivity contribution in [1.82, 2.24) is 10.3 Å². The van der Waals surface area contributed by atoms with E-state index in [0.717, 1.165) is 25.5 Å². The molecule has 18 heavy (non-hydrogen) atoms. The lowest BCUT2D eigenvalue weighted by Crippen LogP contribution is -2.27. The fourth-order valence-electron chi connectivity index (χ4n) is 2.30. The lowest BCUT2D eigenvalue weighted by Gasteiger charge is -2.16. The minimum absolute atomic E-state index is 0.119. The van der Waals surface area contributed by atoms with Crippen LogP contribution in [0.25, 0.3) is 0 Å². The molecule has 1 N–H and O–H groups in total. The highest BCUT2D eigenvalue weighted by molar-refractivity contribution is 5.41. The molecular formula is C13H21N3O2. The molecule has 2 rings (SSSR count). The Bertz CT molecular complexity index is 357. The van der Waals surface area contributed by atoms with Crippen molar-refractivity contribution in [2.45, 2.75) is 18.8 Å². The lowest BCUT2D eigenvalue weighted by atomic mass is 10.3. The van der Waals surface area contributed by atoms with Crippen molar-refractivity contribution in [3.05, 3.63) is 23.9 Å². The van der Waals surface area contributed by atoms with Crippen LogP contribution in [-0.2, 0) is 16.0 Å². The molecule has 1 aromatic heterocycles. The molecule has 1 aliphatic rings. The standard InChI is InChI=1S/C13H21N3O2/c1-14-6-10-4-5-13(15-7-10)16-8-11(17-2)12(9-16)18-3/h4-5,7,11-12,14H,6,8-9H2,1-3H3. The number of pyridine rings is 1. The molecule has 1 fully saturated rings. The molecule has 1 saturated heterocycles. The number of hydrogen-bond donors (Lipinski definition) is 1. The van der Waals surface area contributed by atoms with E-state index in [9.17, 15) is 0 Å². The molecule has 0 spiro atoms. The number of aromatic nitrogens is 1. The number of rotatable bonds is 5. The van der Waals surface area contributed by atoms with Crippen LogP contribution in [0.15, 0.2) is 18.3 Å². The summed E-state index contributed by atoms with van der Waals surface area (Å²) in [4.78, 5) is 6.69. The van der Waals surface area contributed by atoms with Crippen LogP contribution in [0.4, 0.5) is 5.82 Å². The second-order valence-electron chi connectivity index (χ2n) is 4.51. The van der Waals surface area contributed by atoms with Crippen LogP contribution in [0, 0.1) is 0 Å². The fraction of sp³-hybridized carbons (Fsp3) is 0.615. The summed E-state index contributed by atoms with van der Waals surface area (Å²) in [5, 5.41) is 3.11. The van der Waals surface area contributed by atoms with Gasteiger partial charge >= 0.3 is 0 Å². The maximum absolute atomic E-state index is 5.42. The van der Waals surface area contributed by atoms with E-state index in [-0.39, 0.29) is 12.2 Å². The van der Waals surface area contributed by atoms with Gasteiger partial charge in [-0.1, -0.05) is 6.07 Å². The van der Waals surface area contributed by atoms with E-state index in [1.54, 1.807) is 14.2 Å². The summed E-state index contributed by atoms with van der Waals surface area (Å²) >= 11 is 0. The van der Waals surface area contributed by atoms with Gasteiger partial charge in [-0.2, -0.15) is 0 Å². The van der Waals surface area contributed by atoms with Crippen molar-refractivity contribution >= 4 is 5.82 Å². The zero-order chi connectivity index (χ0) is 13.0. The highest BCUT2D eigenvalue weighted by Gasteiger charge is 2.33. The highest BCUT2D eigenvalue weighted by Crippen LogP contribution is 2.21. The molecule has 1 aliphatic heterocycles. The molecule has 5 heteroatoms.